The van der Waals surface area contributed by atoms with Gasteiger partial charge in [-0.25, -0.2) is 14.8 Å². The third-order valence-electron chi connectivity index (χ3n) is 1.67. The number of nitrogens with zero attached hydrogens (tertiary/aromatic N) is 2. The molecule has 0 spiro atoms. The summed E-state index contributed by atoms with van der Waals surface area (Å²) < 4.78 is 4.74. The van der Waals surface area contributed by atoms with Crippen molar-refractivity contribution in [2.75, 3.05) is 6.61 Å². The molecule has 5 nitrogen and oxygen atoms in total. The van der Waals surface area contributed by atoms with Gasteiger partial charge < -0.3 is 4.74 Å². The van der Waals surface area contributed by atoms with Crippen molar-refractivity contribution in [1.29, 1.82) is 0 Å². The van der Waals surface area contributed by atoms with Crippen LogP contribution < -0.4 is 0 Å². The molecule has 0 aliphatic rings. The van der Waals surface area contributed by atoms with E-state index in [1.807, 2.05) is 0 Å². The summed E-state index contributed by atoms with van der Waals surface area (Å²) in [5.74, 6) is -0.878. The monoisotopic (exact) mass is 208 g/mol. The van der Waals surface area contributed by atoms with Gasteiger partial charge in [0.15, 0.2) is 5.78 Å². The Kier molecular flexibility index (Phi) is 3.49. The zero-order chi connectivity index (χ0) is 11.4. The summed E-state index contributed by atoms with van der Waals surface area (Å²) in [5, 5.41) is 0. The van der Waals surface area contributed by atoms with Crippen LogP contribution in [-0.4, -0.2) is 28.3 Å². The van der Waals surface area contributed by atoms with Crippen LogP contribution in [0.25, 0.3) is 0 Å². The van der Waals surface area contributed by atoms with E-state index < -0.39 is 5.97 Å². The molecule has 0 amide bonds. The third-order valence-corrected chi connectivity index (χ3v) is 1.67. The van der Waals surface area contributed by atoms with E-state index in [1.54, 1.807) is 13.8 Å². The molecular weight excluding hydrogens is 196 g/mol. The number of carbonyl (C=O) groups excluding carboxylic acids is 2. The predicted molar refractivity (Wildman–Crippen MR) is 52.7 cm³/mol. The molecule has 0 aliphatic heterocycles. The summed E-state index contributed by atoms with van der Waals surface area (Å²) in [6.07, 6.45) is 0. The molecule has 0 saturated heterocycles. The number of ketones is 1. The van der Waals surface area contributed by atoms with Gasteiger partial charge in [0.25, 0.3) is 0 Å². The van der Waals surface area contributed by atoms with E-state index in [2.05, 4.69) is 9.97 Å². The van der Waals surface area contributed by atoms with Gasteiger partial charge in [-0.1, -0.05) is 0 Å². The number of Topliss-reactive ketones (excluding diaryl/α,β-unsaturated/α-hetero) is 1. The topological polar surface area (TPSA) is 69.2 Å². The average Bonchev–Trinajstić information content (AvgIpc) is 2.17. The Morgan fingerprint density at radius 1 is 1.40 bits per heavy atom. The van der Waals surface area contributed by atoms with Crippen LogP contribution >= 0.6 is 0 Å². The van der Waals surface area contributed by atoms with E-state index in [0.717, 1.165) is 0 Å². The minimum Gasteiger partial charge on any atom is -0.460 e. The number of carbonyl (C=O) groups is 2. The van der Waals surface area contributed by atoms with Crippen LogP contribution in [0.1, 0.15) is 40.6 Å². The van der Waals surface area contributed by atoms with Crippen molar-refractivity contribution in [3.63, 3.8) is 0 Å². The molecule has 1 aromatic rings. The van der Waals surface area contributed by atoms with E-state index in [0.29, 0.717) is 5.69 Å². The first-order valence-corrected chi connectivity index (χ1v) is 4.58. The normalized spacial score (nSPS) is 9.80. The van der Waals surface area contributed by atoms with Crippen molar-refractivity contribution in [2.45, 2.75) is 20.8 Å². The number of esters is 1. The molecule has 0 aliphatic carbocycles. The molecule has 80 valence electrons. The summed E-state index contributed by atoms with van der Waals surface area (Å²) in [7, 11) is 0. The Bertz CT molecular complexity index is 402. The highest BCUT2D eigenvalue weighted by Crippen LogP contribution is 2.03. The second kappa shape index (κ2) is 4.63. The van der Waals surface area contributed by atoms with Gasteiger partial charge in [0.05, 0.1) is 6.61 Å². The summed E-state index contributed by atoms with van der Waals surface area (Å²) in [6, 6.07) is 1.53. The van der Waals surface area contributed by atoms with Crippen molar-refractivity contribution in [1.82, 2.24) is 9.97 Å². The molecule has 1 aromatic heterocycles. The maximum absolute atomic E-state index is 11.3. The SMILES string of the molecule is CCOC(=O)c1nc(C)cc(C(C)=O)n1. The molecule has 15 heavy (non-hydrogen) atoms. The molecule has 0 bridgehead atoms. The molecule has 1 heterocycles. The molecule has 0 radical (unpaired) electrons. The van der Waals surface area contributed by atoms with E-state index in [4.69, 9.17) is 4.74 Å². The molecule has 0 N–H and O–H groups in total. The number of hydrogen-bond acceptors (Lipinski definition) is 5. The quantitative estimate of drug-likeness (QED) is 0.550. The largest absolute Gasteiger partial charge is 0.460 e. The minimum atomic E-state index is -0.608. The fraction of sp³-hybridized carbons (Fsp3) is 0.400. The fourth-order valence-electron chi connectivity index (χ4n) is 1.04. The molecule has 0 unspecified atom stereocenters. The van der Waals surface area contributed by atoms with Crippen LogP contribution in [0.15, 0.2) is 6.07 Å². The van der Waals surface area contributed by atoms with Crippen molar-refractivity contribution >= 4 is 11.8 Å². The molecule has 1 rings (SSSR count). The van der Waals surface area contributed by atoms with Crippen molar-refractivity contribution in [3.05, 3.63) is 23.3 Å². The second-order valence-electron chi connectivity index (χ2n) is 2.99. The second-order valence-corrected chi connectivity index (χ2v) is 2.99. The zero-order valence-electron chi connectivity index (χ0n) is 8.90. The number of ether oxygens (including phenoxy) is 1. The number of hydrogen-bond donors (Lipinski definition) is 0. The minimum absolute atomic E-state index is 0.0675. The van der Waals surface area contributed by atoms with E-state index in [9.17, 15) is 9.59 Å². The van der Waals surface area contributed by atoms with E-state index in [-0.39, 0.29) is 23.9 Å². The molecule has 0 fully saturated rings. The average molecular weight is 208 g/mol. The van der Waals surface area contributed by atoms with Crippen LogP contribution in [-0.2, 0) is 4.74 Å². The fourth-order valence-corrected chi connectivity index (χ4v) is 1.04. The van der Waals surface area contributed by atoms with Crippen LogP contribution in [0.4, 0.5) is 0 Å². The van der Waals surface area contributed by atoms with Gasteiger partial charge in [0, 0.05) is 12.6 Å². The first kappa shape index (κ1) is 11.3. The smallest absolute Gasteiger partial charge is 0.376 e. The highest BCUT2D eigenvalue weighted by atomic mass is 16.5. The van der Waals surface area contributed by atoms with E-state index in [1.165, 1.54) is 13.0 Å². The first-order valence-electron chi connectivity index (χ1n) is 4.58. The summed E-state index contributed by atoms with van der Waals surface area (Å²) in [6.45, 7) is 5.03. The van der Waals surface area contributed by atoms with Crippen LogP contribution in [0, 0.1) is 6.92 Å². The summed E-state index contributed by atoms with van der Waals surface area (Å²) in [5.41, 5.74) is 0.795. The highest BCUT2D eigenvalue weighted by molar-refractivity contribution is 5.93. The molecule has 0 aromatic carbocycles. The first-order chi connectivity index (χ1) is 7.04. The van der Waals surface area contributed by atoms with Gasteiger partial charge in [-0.3, -0.25) is 4.79 Å². The number of aromatic nitrogens is 2. The summed E-state index contributed by atoms with van der Waals surface area (Å²) >= 11 is 0. The lowest BCUT2D eigenvalue weighted by Gasteiger charge is -2.02. The maximum Gasteiger partial charge on any atom is 0.376 e. The number of aryl methyl sites for hydroxylation is 1. The van der Waals surface area contributed by atoms with Crippen LogP contribution in [0.2, 0.25) is 0 Å². The standard InChI is InChI=1S/C10H12N2O3/c1-4-15-10(14)9-11-6(2)5-8(12-9)7(3)13/h5H,4H2,1-3H3. The highest BCUT2D eigenvalue weighted by Gasteiger charge is 2.13. The lowest BCUT2D eigenvalue weighted by molar-refractivity contribution is 0.0511. The van der Waals surface area contributed by atoms with Crippen molar-refractivity contribution in [3.8, 4) is 0 Å². The zero-order valence-corrected chi connectivity index (χ0v) is 8.90. The summed E-state index contributed by atoms with van der Waals surface area (Å²) in [4.78, 5) is 30.1. The van der Waals surface area contributed by atoms with Crippen molar-refractivity contribution in [2.24, 2.45) is 0 Å². The Morgan fingerprint density at radius 2 is 2.07 bits per heavy atom. The van der Waals surface area contributed by atoms with Gasteiger partial charge in [-0.15, -0.1) is 0 Å². The van der Waals surface area contributed by atoms with Crippen LogP contribution in [0.5, 0.6) is 0 Å². The lowest BCUT2D eigenvalue weighted by Crippen LogP contribution is -2.13. The molecular formula is C10H12N2O3. The Morgan fingerprint density at radius 3 is 2.60 bits per heavy atom. The lowest BCUT2D eigenvalue weighted by atomic mass is 10.2. The molecule has 0 saturated carbocycles. The third kappa shape index (κ3) is 2.83. The Hall–Kier alpha value is -1.78. The number of rotatable bonds is 3. The van der Waals surface area contributed by atoms with Crippen LogP contribution in [0.3, 0.4) is 0 Å². The Labute approximate surface area is 87.5 Å². The maximum atomic E-state index is 11.3. The molecule has 0 atom stereocenters. The van der Waals surface area contributed by atoms with Gasteiger partial charge >= 0.3 is 5.97 Å². The molecule has 5 heteroatoms. The van der Waals surface area contributed by atoms with Gasteiger partial charge in [0.1, 0.15) is 5.69 Å². The van der Waals surface area contributed by atoms with Gasteiger partial charge in [0.2, 0.25) is 5.82 Å². The van der Waals surface area contributed by atoms with E-state index >= 15 is 0 Å². The van der Waals surface area contributed by atoms with Gasteiger partial charge in [-0.2, -0.15) is 0 Å². The predicted octanol–water partition coefficient (Wildman–Crippen LogP) is 1.16. The Balaban J connectivity index is 3.09. The van der Waals surface area contributed by atoms with Crippen molar-refractivity contribution < 1.29 is 14.3 Å². The van der Waals surface area contributed by atoms with Gasteiger partial charge in [-0.05, 0) is 19.9 Å².